The number of aliphatic hydroxyl groups is 2. The number of hydrogen-bond acceptors (Lipinski definition) is 13. The number of aromatic hydroxyl groups is 3. The van der Waals surface area contributed by atoms with Crippen molar-refractivity contribution in [3.63, 3.8) is 0 Å². The molecule has 9 aliphatic carbocycles. The predicted octanol–water partition coefficient (Wildman–Crippen LogP) is 16.6. The Hall–Kier alpha value is -8.97. The number of dihydropyridines is 1. The second kappa shape index (κ2) is 26.0. The maximum absolute atomic E-state index is 16.3. The highest BCUT2D eigenvalue weighted by Gasteiger charge is 2.67. The van der Waals surface area contributed by atoms with Gasteiger partial charge in [-0.05, 0) is 212 Å². The monoisotopic (exact) mass is 1400 g/mol. The Morgan fingerprint density at radius 3 is 2.53 bits per heavy atom. The van der Waals surface area contributed by atoms with Gasteiger partial charge in [0, 0.05) is 128 Å². The molecule has 15 aliphatic rings. The first-order chi connectivity index (χ1) is 50.6. The van der Waals surface area contributed by atoms with Gasteiger partial charge in [0.1, 0.15) is 40.7 Å². The molecule has 15 nitrogen and oxygen atoms in total. The summed E-state index contributed by atoms with van der Waals surface area (Å²) in [4.78, 5) is 50.9. The number of aliphatic hydroxyl groups excluding tert-OH is 2. The van der Waals surface area contributed by atoms with Crippen molar-refractivity contribution in [1.29, 1.82) is 0 Å². The third-order valence-electron chi connectivity index (χ3n) is 28.1. The molecule has 0 amide bonds. The van der Waals surface area contributed by atoms with Gasteiger partial charge in [-0.3, -0.25) is 14.4 Å². The number of methoxy groups -OCH3 is 1. The number of rotatable bonds is 8. The molecule has 15 heteroatoms. The van der Waals surface area contributed by atoms with E-state index < -0.39 is 46.9 Å². The summed E-state index contributed by atoms with van der Waals surface area (Å²) >= 11 is 0. The molecule has 4 spiro atoms. The lowest BCUT2D eigenvalue weighted by Crippen LogP contribution is -2.41. The minimum Gasteiger partial charge on any atom is -0.508 e. The number of fused-ring (bicyclic) bond motifs is 1. The SMILES string of the molecule is COc1cc2cc(O)c1Oc1cc(O)cc(c1)CC1CCC3(CCC45CCC6(C4)C(O)c4ccc7c8cn(c(c48)C6C=CC35)C2CC(=O)CC(OC(C)=O)CCC23C4=CC=CC2CC=CC3c2c[nH]cc2C(C#CC4)C(c2cccc(O)c2)C2=CCNC(=C2)N7CCC(=O)C2CCCCC2)CC1CO. The molecule has 15 atom stereocenters. The topological polar surface area (TPSA) is 216 Å². The molecule has 15 unspecified atom stereocenters. The number of ketones is 2. The van der Waals surface area contributed by atoms with Crippen LogP contribution in [0.15, 0.2) is 157 Å². The summed E-state index contributed by atoms with van der Waals surface area (Å²) in [6, 6.07) is 19.8. The maximum atomic E-state index is 16.3. The van der Waals surface area contributed by atoms with Crippen molar-refractivity contribution < 1.29 is 54.1 Å². The summed E-state index contributed by atoms with van der Waals surface area (Å²) in [5.74, 6) is 7.53. The minimum atomic E-state index is -0.886. The van der Waals surface area contributed by atoms with Crippen LogP contribution in [0.3, 0.4) is 0 Å². The number of esters is 1. The number of ether oxygens (including phenoxy) is 3. The number of nitrogens with zero attached hydrogens (tertiary/aromatic N) is 2. The number of phenols is 3. The molecule has 6 aliphatic heterocycles. The van der Waals surface area contributed by atoms with E-state index in [1.165, 1.54) is 25.7 Å². The van der Waals surface area contributed by atoms with Gasteiger partial charge in [-0.15, -0.1) is 0 Å². The van der Waals surface area contributed by atoms with Crippen LogP contribution in [0.5, 0.6) is 34.5 Å². The summed E-state index contributed by atoms with van der Waals surface area (Å²) in [6.45, 7) is 2.22. The summed E-state index contributed by atoms with van der Waals surface area (Å²) in [6.07, 6.45) is 40.7. The van der Waals surface area contributed by atoms with Crippen molar-refractivity contribution in [1.82, 2.24) is 14.9 Å². The molecule has 0 radical (unpaired) electrons. The molecule has 21 rings (SSSR count). The van der Waals surface area contributed by atoms with Crippen LogP contribution in [-0.4, -0.2) is 85.5 Å². The molecular formula is C89H96N4O11. The van der Waals surface area contributed by atoms with Gasteiger partial charge in [0.15, 0.2) is 11.5 Å². The molecule has 0 saturated heterocycles. The first kappa shape index (κ1) is 66.9. The predicted molar refractivity (Wildman–Crippen MR) is 398 cm³/mol. The fourth-order valence-corrected chi connectivity index (χ4v) is 23.6. The molecule has 104 heavy (non-hydrogen) atoms. The van der Waals surface area contributed by atoms with Crippen LogP contribution < -0.4 is 19.7 Å². The van der Waals surface area contributed by atoms with Gasteiger partial charge in [0.05, 0.1) is 30.9 Å². The van der Waals surface area contributed by atoms with E-state index in [4.69, 9.17) is 14.2 Å². The molecule has 4 fully saturated rings. The van der Waals surface area contributed by atoms with E-state index >= 15 is 4.79 Å². The number of phenolic OH excluding ortho intramolecular Hbond substituents is 3. The first-order valence-electron chi connectivity index (χ1n) is 38.8. The highest BCUT2D eigenvalue weighted by Crippen LogP contribution is 2.77. The molecule has 16 bridgehead atoms. The van der Waals surface area contributed by atoms with Gasteiger partial charge >= 0.3 is 5.97 Å². The number of H-pyrrole nitrogens is 1. The smallest absolute Gasteiger partial charge is 0.302 e. The van der Waals surface area contributed by atoms with Crippen molar-refractivity contribution in [3.05, 3.63) is 196 Å². The number of aromatic amines is 1. The van der Waals surface area contributed by atoms with Gasteiger partial charge in [-0.2, -0.15) is 0 Å². The van der Waals surface area contributed by atoms with E-state index in [0.717, 1.165) is 151 Å². The maximum Gasteiger partial charge on any atom is 0.302 e. The largest absolute Gasteiger partial charge is 0.508 e. The molecular weight excluding hydrogens is 1300 g/mol. The minimum absolute atomic E-state index is 0.00161. The third-order valence-corrected chi connectivity index (χ3v) is 28.1. The van der Waals surface area contributed by atoms with E-state index in [1.54, 1.807) is 18.2 Å². The number of aromatic nitrogens is 2. The number of nitrogens with one attached hydrogen (secondary N) is 2. The van der Waals surface area contributed by atoms with E-state index in [-0.39, 0.29) is 118 Å². The quantitative estimate of drug-likeness (QED) is 0.0429. The lowest BCUT2D eigenvalue weighted by Gasteiger charge is -2.50. The zero-order valence-electron chi connectivity index (χ0n) is 59.8. The Bertz CT molecular complexity index is 4760. The number of allylic oxidation sites excluding steroid dienone is 10. The summed E-state index contributed by atoms with van der Waals surface area (Å²) in [7, 11) is 1.53. The van der Waals surface area contributed by atoms with Gasteiger partial charge in [0.2, 0.25) is 5.75 Å². The fraction of sp³-hybridized carbons (Fsp3) is 0.472. The average Bonchev–Trinajstić information content (AvgIpc) is 1.50. The van der Waals surface area contributed by atoms with Crippen molar-refractivity contribution >= 4 is 34.0 Å². The normalized spacial score (nSPS) is 32.9. The van der Waals surface area contributed by atoms with Crippen molar-refractivity contribution in [3.8, 4) is 46.3 Å². The number of carbonyl (C=O) groups excluding carboxylic acids is 3. The highest BCUT2D eigenvalue weighted by atomic mass is 16.5. The van der Waals surface area contributed by atoms with Crippen LogP contribution in [-0.2, 0) is 25.5 Å². The molecule has 4 saturated carbocycles. The zero-order valence-corrected chi connectivity index (χ0v) is 59.8. The second-order valence-electron chi connectivity index (χ2n) is 33.2. The van der Waals surface area contributed by atoms with Crippen LogP contribution in [0.4, 0.5) is 5.69 Å². The van der Waals surface area contributed by atoms with E-state index in [1.807, 2.05) is 24.3 Å². The van der Waals surface area contributed by atoms with Gasteiger partial charge in [-0.25, -0.2) is 0 Å². The number of Topliss-reactive ketones (excluding diaryl/α,β-unsaturated/α-hetero) is 2. The van der Waals surface area contributed by atoms with Gasteiger partial charge in [-0.1, -0.05) is 103 Å². The number of hydrogen-bond donors (Lipinski definition) is 7. The van der Waals surface area contributed by atoms with Gasteiger partial charge < -0.3 is 59.5 Å². The van der Waals surface area contributed by atoms with Crippen LogP contribution in [0.1, 0.15) is 210 Å². The molecule has 7 N–H and O–H groups in total. The first-order valence-corrected chi connectivity index (χ1v) is 38.8. The summed E-state index contributed by atoms with van der Waals surface area (Å²) < 4.78 is 21.7. The lowest BCUT2D eigenvalue weighted by molar-refractivity contribution is -0.148. The third kappa shape index (κ3) is 10.9. The zero-order chi connectivity index (χ0) is 71.0. The molecule has 4 aromatic carbocycles. The molecule has 8 heterocycles. The van der Waals surface area contributed by atoms with Crippen LogP contribution >= 0.6 is 0 Å². The van der Waals surface area contributed by atoms with Crippen molar-refractivity contribution in [2.75, 3.05) is 31.7 Å². The Labute approximate surface area is 608 Å². The van der Waals surface area contributed by atoms with E-state index in [2.05, 4.69) is 123 Å². The second-order valence-corrected chi connectivity index (χ2v) is 33.2. The van der Waals surface area contributed by atoms with Crippen molar-refractivity contribution in [2.24, 2.45) is 51.2 Å². The number of carbonyl (C=O) groups is 3. The van der Waals surface area contributed by atoms with Crippen LogP contribution in [0, 0.1) is 63.1 Å². The van der Waals surface area contributed by atoms with Crippen molar-refractivity contribution in [2.45, 2.75) is 184 Å². The average molecular weight is 1400 g/mol. The summed E-state index contributed by atoms with van der Waals surface area (Å²) in [5.41, 5.74) is 7.84. The molecule has 2 aromatic heterocycles. The Morgan fingerprint density at radius 2 is 1.68 bits per heavy atom. The van der Waals surface area contributed by atoms with E-state index in [0.29, 0.717) is 50.1 Å². The van der Waals surface area contributed by atoms with Gasteiger partial charge in [0.25, 0.3) is 0 Å². The Morgan fingerprint density at radius 1 is 0.827 bits per heavy atom. The number of benzene rings is 4. The summed E-state index contributed by atoms with van der Waals surface area (Å²) in [5, 5.41) is 67.0. The van der Waals surface area contributed by atoms with Crippen LogP contribution in [0.2, 0.25) is 0 Å². The standard InChI is InChI=1S/C89H96N4O11/c1-52(95)103-65-25-29-89-60-13-7-14-61(89)16-9-19-72(89)70-48-90-47-69(70)67(18-8-15-60)81(56-12-6-17-62(96)39-56)57-26-34-91-80(42-57)92(35-27-76(99)54-10-4-3-5-11-54)74-22-20-68-82-71(74)49-93-75(45-64(98)43-65)58-40-77(100)84(78(41-58)102-2)104-66-38-53(37-63(97)44-66)36-55-24-28-86(46-59(55)50-94)30-31-87-32-33-88(51-87,85(68)101)73(83(82)93)21-23-79(86)87/h6-7,9,12-14,17,19-23,26,37-42,44,47-49,54-55,59,61,65,67,72-73,75,79,81,85,90-91,94,96-97,100-101H,3-5,10-11,15-16,24-25,27-36,43,45-46,50-51H2,1-2H3. The Kier molecular flexibility index (Phi) is 16.7. The molecule has 538 valence electrons. The lowest BCUT2D eigenvalue weighted by atomic mass is 9.53. The highest BCUT2D eigenvalue weighted by molar-refractivity contribution is 6.01. The van der Waals surface area contributed by atoms with Crippen LogP contribution in [0.25, 0.3) is 10.8 Å². The molecule has 6 aromatic rings. The van der Waals surface area contributed by atoms with E-state index in [9.17, 15) is 35.1 Å². The fourth-order valence-electron chi connectivity index (χ4n) is 23.6. The Balaban J connectivity index is 0.896. The number of anilines is 1.